The number of aliphatic hydroxyl groups excluding tert-OH is 1. The molecule has 0 saturated heterocycles. The van der Waals surface area contributed by atoms with Gasteiger partial charge < -0.3 is 5.11 Å². The SMILES string of the molecule is CCCCN(C)S(=O)(=O)c1ccc(CC)c(CO)c1. The molecule has 0 fully saturated rings. The Balaban J connectivity index is 3.08. The van der Waals surface area contributed by atoms with Crippen molar-refractivity contribution in [2.75, 3.05) is 13.6 Å². The van der Waals surface area contributed by atoms with Crippen molar-refractivity contribution in [3.8, 4) is 0 Å². The summed E-state index contributed by atoms with van der Waals surface area (Å²) in [5.74, 6) is 0. The standard InChI is InChI=1S/C14H23NO3S/c1-4-6-9-15(3)19(17,18)14-8-7-12(5-2)13(10-14)11-16/h7-8,10,16H,4-6,9,11H2,1-3H3. The summed E-state index contributed by atoms with van der Waals surface area (Å²) in [5.41, 5.74) is 1.67. The van der Waals surface area contributed by atoms with Gasteiger partial charge in [0.1, 0.15) is 0 Å². The molecule has 0 amide bonds. The molecule has 108 valence electrons. The Morgan fingerprint density at radius 1 is 1.21 bits per heavy atom. The first kappa shape index (κ1) is 16.1. The Kier molecular flexibility index (Phi) is 5.97. The number of hydrogen-bond acceptors (Lipinski definition) is 3. The zero-order chi connectivity index (χ0) is 14.5. The maximum absolute atomic E-state index is 12.4. The van der Waals surface area contributed by atoms with E-state index in [1.807, 2.05) is 13.8 Å². The van der Waals surface area contributed by atoms with Crippen LogP contribution in [0.4, 0.5) is 0 Å². The topological polar surface area (TPSA) is 57.6 Å². The van der Waals surface area contributed by atoms with E-state index in [-0.39, 0.29) is 11.5 Å². The number of hydrogen-bond donors (Lipinski definition) is 1. The van der Waals surface area contributed by atoms with Crippen LogP contribution >= 0.6 is 0 Å². The average molecular weight is 285 g/mol. The number of nitrogens with zero attached hydrogens (tertiary/aromatic N) is 1. The van der Waals surface area contributed by atoms with E-state index in [2.05, 4.69) is 0 Å². The molecule has 0 aromatic heterocycles. The molecule has 0 radical (unpaired) electrons. The second kappa shape index (κ2) is 7.03. The summed E-state index contributed by atoms with van der Waals surface area (Å²) in [6, 6.07) is 4.98. The van der Waals surface area contributed by atoms with Crippen molar-refractivity contribution < 1.29 is 13.5 Å². The highest BCUT2D eigenvalue weighted by molar-refractivity contribution is 7.89. The number of aryl methyl sites for hydroxylation is 1. The molecule has 19 heavy (non-hydrogen) atoms. The molecule has 1 N–H and O–H groups in total. The molecule has 0 atom stereocenters. The lowest BCUT2D eigenvalue weighted by Gasteiger charge is -2.18. The summed E-state index contributed by atoms with van der Waals surface area (Å²) in [6.07, 6.45) is 2.58. The van der Waals surface area contributed by atoms with Crippen LogP contribution in [0.15, 0.2) is 23.1 Å². The molecule has 0 unspecified atom stereocenters. The molecule has 0 aliphatic heterocycles. The van der Waals surface area contributed by atoms with Crippen molar-refractivity contribution in [3.63, 3.8) is 0 Å². The molecule has 4 nitrogen and oxygen atoms in total. The predicted molar refractivity (Wildman–Crippen MR) is 76.5 cm³/mol. The first-order chi connectivity index (χ1) is 8.97. The second-order valence-corrected chi connectivity index (χ2v) is 6.67. The van der Waals surface area contributed by atoms with Gasteiger partial charge in [-0.1, -0.05) is 26.3 Å². The largest absolute Gasteiger partial charge is 0.392 e. The summed E-state index contributed by atoms with van der Waals surface area (Å²) in [4.78, 5) is 0.257. The van der Waals surface area contributed by atoms with Crippen LogP contribution < -0.4 is 0 Å². The lowest BCUT2D eigenvalue weighted by Crippen LogP contribution is -2.28. The Morgan fingerprint density at radius 3 is 2.42 bits per heavy atom. The highest BCUT2D eigenvalue weighted by Gasteiger charge is 2.20. The Hall–Kier alpha value is -0.910. The van der Waals surface area contributed by atoms with Crippen LogP contribution in [0.5, 0.6) is 0 Å². The van der Waals surface area contributed by atoms with E-state index in [0.717, 1.165) is 24.8 Å². The summed E-state index contributed by atoms with van der Waals surface area (Å²) in [6.45, 7) is 4.39. The van der Waals surface area contributed by atoms with Gasteiger partial charge in [0.25, 0.3) is 0 Å². The van der Waals surface area contributed by atoms with Crippen LogP contribution in [0.25, 0.3) is 0 Å². The first-order valence-corrected chi connectivity index (χ1v) is 8.10. The minimum absolute atomic E-state index is 0.134. The summed E-state index contributed by atoms with van der Waals surface area (Å²) < 4.78 is 26.1. The normalized spacial score (nSPS) is 12.1. The van der Waals surface area contributed by atoms with Crippen LogP contribution in [-0.4, -0.2) is 31.4 Å². The zero-order valence-electron chi connectivity index (χ0n) is 11.9. The summed E-state index contributed by atoms with van der Waals surface area (Å²) in [5, 5.41) is 9.31. The molecular weight excluding hydrogens is 262 g/mol. The van der Waals surface area contributed by atoms with Gasteiger partial charge in [-0.2, -0.15) is 0 Å². The van der Waals surface area contributed by atoms with Gasteiger partial charge in [0.05, 0.1) is 11.5 Å². The lowest BCUT2D eigenvalue weighted by atomic mass is 10.1. The molecular formula is C14H23NO3S. The maximum Gasteiger partial charge on any atom is 0.242 e. The number of benzene rings is 1. The van der Waals surface area contributed by atoms with Gasteiger partial charge in [-0.05, 0) is 36.1 Å². The second-order valence-electron chi connectivity index (χ2n) is 4.62. The van der Waals surface area contributed by atoms with Gasteiger partial charge in [-0.3, -0.25) is 0 Å². The van der Waals surface area contributed by atoms with Gasteiger partial charge >= 0.3 is 0 Å². The molecule has 0 aliphatic rings. The minimum atomic E-state index is -3.45. The van der Waals surface area contributed by atoms with Crippen molar-refractivity contribution in [2.45, 2.75) is 44.6 Å². The van der Waals surface area contributed by atoms with Gasteiger partial charge in [0.15, 0.2) is 0 Å². The third kappa shape index (κ3) is 3.78. The molecule has 0 bridgehead atoms. The molecule has 1 aromatic carbocycles. The Morgan fingerprint density at radius 2 is 1.89 bits per heavy atom. The van der Waals surface area contributed by atoms with Crippen LogP contribution in [0, 0.1) is 0 Å². The van der Waals surface area contributed by atoms with Crippen LogP contribution in [0.3, 0.4) is 0 Å². The first-order valence-electron chi connectivity index (χ1n) is 6.66. The third-order valence-electron chi connectivity index (χ3n) is 3.26. The van der Waals surface area contributed by atoms with E-state index in [9.17, 15) is 13.5 Å². The van der Waals surface area contributed by atoms with Crippen LogP contribution in [0.2, 0.25) is 0 Å². The molecule has 1 aromatic rings. The number of unbranched alkanes of at least 4 members (excludes halogenated alkanes) is 1. The van der Waals surface area contributed by atoms with Gasteiger partial charge in [0.2, 0.25) is 10.0 Å². The van der Waals surface area contributed by atoms with E-state index in [1.165, 1.54) is 4.31 Å². The van der Waals surface area contributed by atoms with Crippen molar-refractivity contribution in [2.24, 2.45) is 0 Å². The molecule has 5 heteroatoms. The van der Waals surface area contributed by atoms with Crippen molar-refractivity contribution in [1.82, 2.24) is 4.31 Å². The van der Waals surface area contributed by atoms with Crippen molar-refractivity contribution >= 4 is 10.0 Å². The van der Waals surface area contributed by atoms with Crippen LogP contribution in [-0.2, 0) is 23.1 Å². The lowest BCUT2D eigenvalue weighted by molar-refractivity contribution is 0.280. The smallest absolute Gasteiger partial charge is 0.242 e. The Labute approximate surface area is 116 Å². The molecule has 0 heterocycles. The van der Waals surface area contributed by atoms with E-state index >= 15 is 0 Å². The third-order valence-corrected chi connectivity index (χ3v) is 5.12. The quantitative estimate of drug-likeness (QED) is 0.835. The monoisotopic (exact) mass is 285 g/mol. The van der Waals surface area contributed by atoms with E-state index < -0.39 is 10.0 Å². The predicted octanol–water partition coefficient (Wildman–Crippen LogP) is 2.16. The van der Waals surface area contributed by atoms with Crippen molar-refractivity contribution in [3.05, 3.63) is 29.3 Å². The fourth-order valence-corrected chi connectivity index (χ4v) is 3.20. The van der Waals surface area contributed by atoms with E-state index in [1.54, 1.807) is 25.2 Å². The van der Waals surface area contributed by atoms with Gasteiger partial charge in [-0.25, -0.2) is 12.7 Å². The Bertz CT molecular complexity index is 511. The minimum Gasteiger partial charge on any atom is -0.392 e. The number of aliphatic hydroxyl groups is 1. The highest BCUT2D eigenvalue weighted by Crippen LogP contribution is 2.20. The zero-order valence-corrected chi connectivity index (χ0v) is 12.7. The summed E-state index contributed by atoms with van der Waals surface area (Å²) in [7, 11) is -1.85. The molecule has 0 saturated carbocycles. The fraction of sp³-hybridized carbons (Fsp3) is 0.571. The van der Waals surface area contributed by atoms with E-state index in [4.69, 9.17) is 0 Å². The van der Waals surface area contributed by atoms with E-state index in [0.29, 0.717) is 12.1 Å². The number of sulfonamides is 1. The van der Waals surface area contributed by atoms with Gasteiger partial charge in [-0.15, -0.1) is 0 Å². The highest BCUT2D eigenvalue weighted by atomic mass is 32.2. The van der Waals surface area contributed by atoms with Crippen molar-refractivity contribution in [1.29, 1.82) is 0 Å². The average Bonchev–Trinajstić information content (AvgIpc) is 2.43. The van der Waals surface area contributed by atoms with Gasteiger partial charge in [0, 0.05) is 13.6 Å². The van der Waals surface area contributed by atoms with Crippen LogP contribution in [0.1, 0.15) is 37.8 Å². The molecule has 0 spiro atoms. The fourth-order valence-electron chi connectivity index (χ4n) is 1.94. The molecule has 0 aliphatic carbocycles. The maximum atomic E-state index is 12.4. The number of rotatable bonds is 7. The molecule has 1 rings (SSSR count). The summed E-state index contributed by atoms with van der Waals surface area (Å²) >= 11 is 0.